The van der Waals surface area contributed by atoms with Gasteiger partial charge in [0.2, 0.25) is 9.84 Å². The smallest absolute Gasteiger partial charge is 0.315 e. The Bertz CT molecular complexity index is 605. The highest BCUT2D eigenvalue weighted by molar-refractivity contribution is 7.94. The molecule has 2 atom stereocenters. The molecule has 115 valence electrons. The van der Waals surface area contributed by atoms with E-state index in [9.17, 15) is 18.3 Å². The summed E-state index contributed by atoms with van der Waals surface area (Å²) in [6.45, 7) is 1.64. The number of nitrogens with two attached hydrogens (primary N) is 1. The van der Waals surface area contributed by atoms with Crippen molar-refractivity contribution in [3.63, 3.8) is 0 Å². The van der Waals surface area contributed by atoms with Crippen LogP contribution in [0.1, 0.15) is 19.8 Å². The Morgan fingerprint density at radius 2 is 2.19 bits per heavy atom. The number of carbonyl (C=O) groups is 1. The van der Waals surface area contributed by atoms with Crippen LogP contribution in [-0.2, 0) is 9.84 Å². The number of pyridine rings is 1. The van der Waals surface area contributed by atoms with Gasteiger partial charge in [0.05, 0.1) is 12.6 Å². The van der Waals surface area contributed by atoms with Crippen molar-refractivity contribution in [1.82, 2.24) is 9.88 Å². The number of aliphatic hydroxyl groups is 1. The summed E-state index contributed by atoms with van der Waals surface area (Å²) in [6, 6.07) is 3.67. The lowest BCUT2D eigenvalue weighted by Crippen LogP contribution is -2.45. The second-order valence-electron chi connectivity index (χ2n) is 5.03. The molecule has 0 aliphatic carbocycles. The number of sulfone groups is 1. The summed E-state index contributed by atoms with van der Waals surface area (Å²) in [5.74, 6) is 0. The number of rotatable bonds is 2. The molecular weight excluding hydrogens is 294 g/mol. The first kappa shape index (κ1) is 15.7. The van der Waals surface area contributed by atoms with Crippen LogP contribution >= 0.6 is 0 Å². The molecule has 2 heterocycles. The Morgan fingerprint density at radius 1 is 1.48 bits per heavy atom. The van der Waals surface area contributed by atoms with Gasteiger partial charge in [-0.1, -0.05) is 6.07 Å². The van der Waals surface area contributed by atoms with E-state index in [0.29, 0.717) is 6.42 Å². The minimum Gasteiger partial charge on any atom is -0.390 e. The maximum Gasteiger partial charge on any atom is 0.315 e. The summed E-state index contributed by atoms with van der Waals surface area (Å²) >= 11 is 0. The molecular formula is C13H18N3O4S. The van der Waals surface area contributed by atoms with Gasteiger partial charge < -0.3 is 15.7 Å². The fourth-order valence-electron chi connectivity index (χ4n) is 2.40. The van der Waals surface area contributed by atoms with Gasteiger partial charge >= 0.3 is 6.03 Å². The molecule has 1 radical (unpaired) electrons. The molecule has 1 aromatic heterocycles. The third kappa shape index (κ3) is 3.16. The van der Waals surface area contributed by atoms with E-state index in [2.05, 4.69) is 4.98 Å². The number of hydrogen-bond donors (Lipinski definition) is 2. The molecule has 1 aliphatic rings. The summed E-state index contributed by atoms with van der Waals surface area (Å²) in [5, 5.41) is 10.1. The fraction of sp³-hybridized carbons (Fsp3) is 0.462. The Kier molecular flexibility index (Phi) is 4.48. The molecule has 0 spiro atoms. The van der Waals surface area contributed by atoms with Crippen LogP contribution in [0.3, 0.4) is 0 Å². The van der Waals surface area contributed by atoms with Crippen molar-refractivity contribution in [2.24, 2.45) is 5.73 Å². The van der Waals surface area contributed by atoms with E-state index in [0.717, 1.165) is 0 Å². The second kappa shape index (κ2) is 5.98. The van der Waals surface area contributed by atoms with E-state index in [1.807, 2.05) is 0 Å². The van der Waals surface area contributed by atoms with Crippen molar-refractivity contribution in [3.8, 4) is 0 Å². The van der Waals surface area contributed by atoms with Crippen molar-refractivity contribution < 1.29 is 18.3 Å². The molecule has 3 N–H and O–H groups in total. The molecule has 7 nitrogen and oxygen atoms in total. The first-order valence-electron chi connectivity index (χ1n) is 6.60. The molecule has 0 aromatic carbocycles. The van der Waals surface area contributed by atoms with Crippen molar-refractivity contribution in [2.75, 3.05) is 6.54 Å². The lowest BCUT2D eigenvalue weighted by Gasteiger charge is -2.26. The normalized spacial score (nSPS) is 24.6. The van der Waals surface area contributed by atoms with Gasteiger partial charge in [0, 0.05) is 12.2 Å². The maximum atomic E-state index is 12.5. The largest absolute Gasteiger partial charge is 0.390 e. The number of β-amino-alcohol motifs (C(OH)–C–C–N with tert-alkyl or cyclic N) is 1. The lowest BCUT2D eigenvalue weighted by molar-refractivity contribution is 0.134. The van der Waals surface area contributed by atoms with E-state index in [-0.39, 0.29) is 29.3 Å². The van der Waals surface area contributed by atoms with Crippen LogP contribution in [0.15, 0.2) is 29.4 Å². The van der Waals surface area contributed by atoms with Crippen LogP contribution < -0.4 is 5.73 Å². The number of nitrogens with zero attached hydrogens (tertiary/aromatic N) is 2. The monoisotopic (exact) mass is 312 g/mol. The summed E-state index contributed by atoms with van der Waals surface area (Å²) in [4.78, 5) is 16.5. The third-order valence-electron chi connectivity index (χ3n) is 3.62. The number of urea groups is 1. The van der Waals surface area contributed by atoms with Crippen LogP contribution in [-0.4, -0.2) is 48.1 Å². The molecule has 2 amide bonds. The van der Waals surface area contributed by atoms with Crippen molar-refractivity contribution in [3.05, 3.63) is 29.6 Å². The van der Waals surface area contributed by atoms with Gasteiger partial charge in [0.25, 0.3) is 0 Å². The van der Waals surface area contributed by atoms with Gasteiger partial charge in [-0.05, 0) is 31.9 Å². The zero-order chi connectivity index (χ0) is 15.6. The SMILES string of the molecule is C[C@H]1CC[C](S(=O)(=O)c2ccccn2)[C@H](O)CN1C(N)=O. The first-order chi connectivity index (χ1) is 9.84. The Morgan fingerprint density at radius 3 is 2.76 bits per heavy atom. The highest BCUT2D eigenvalue weighted by Crippen LogP contribution is 2.31. The zero-order valence-corrected chi connectivity index (χ0v) is 12.5. The van der Waals surface area contributed by atoms with Crippen molar-refractivity contribution in [2.45, 2.75) is 36.9 Å². The molecule has 8 heteroatoms. The van der Waals surface area contributed by atoms with Crippen molar-refractivity contribution >= 4 is 15.9 Å². The number of primary amides is 1. The quantitative estimate of drug-likeness (QED) is 0.816. The second-order valence-corrected chi connectivity index (χ2v) is 6.98. The Hall–Kier alpha value is -1.67. The first-order valence-corrected chi connectivity index (χ1v) is 8.08. The number of amides is 2. The van der Waals surface area contributed by atoms with E-state index < -0.39 is 22.0 Å². The average molecular weight is 312 g/mol. The average Bonchev–Trinajstić information content (AvgIpc) is 2.59. The molecule has 0 bridgehead atoms. The van der Waals surface area contributed by atoms with Gasteiger partial charge in [-0.2, -0.15) is 0 Å². The summed E-state index contributed by atoms with van der Waals surface area (Å²) < 4.78 is 25.1. The number of likely N-dealkylation sites (tertiary alicyclic amines) is 1. The van der Waals surface area contributed by atoms with Crippen LogP contribution in [0, 0.1) is 5.25 Å². The molecule has 21 heavy (non-hydrogen) atoms. The highest BCUT2D eigenvalue weighted by Gasteiger charge is 2.40. The number of aromatic nitrogens is 1. The van der Waals surface area contributed by atoms with E-state index in [4.69, 9.17) is 5.73 Å². The fourth-order valence-corrected chi connectivity index (χ4v) is 3.95. The highest BCUT2D eigenvalue weighted by atomic mass is 32.2. The molecule has 0 saturated carbocycles. The molecule has 0 unspecified atom stereocenters. The van der Waals surface area contributed by atoms with E-state index in [1.54, 1.807) is 19.1 Å². The number of aliphatic hydroxyl groups excluding tert-OH is 1. The Labute approximate surface area is 123 Å². The minimum absolute atomic E-state index is 0.0169. The number of hydrogen-bond acceptors (Lipinski definition) is 5. The lowest BCUT2D eigenvalue weighted by atomic mass is 10.1. The summed E-state index contributed by atoms with van der Waals surface area (Å²) in [5.41, 5.74) is 5.26. The van der Waals surface area contributed by atoms with E-state index in [1.165, 1.54) is 17.2 Å². The Balaban J connectivity index is 2.30. The molecule has 1 fully saturated rings. The molecule has 1 saturated heterocycles. The van der Waals surface area contributed by atoms with Crippen LogP contribution in [0.5, 0.6) is 0 Å². The van der Waals surface area contributed by atoms with Gasteiger partial charge in [0.1, 0.15) is 5.25 Å². The van der Waals surface area contributed by atoms with Gasteiger partial charge in [-0.25, -0.2) is 18.2 Å². The van der Waals surface area contributed by atoms with Gasteiger partial charge in [-0.15, -0.1) is 0 Å². The van der Waals surface area contributed by atoms with Crippen LogP contribution in [0.2, 0.25) is 0 Å². The van der Waals surface area contributed by atoms with Gasteiger partial charge in [-0.3, -0.25) is 0 Å². The molecule has 1 aromatic rings. The van der Waals surface area contributed by atoms with Gasteiger partial charge in [0.15, 0.2) is 5.03 Å². The van der Waals surface area contributed by atoms with Crippen LogP contribution in [0.4, 0.5) is 4.79 Å². The third-order valence-corrected chi connectivity index (χ3v) is 5.58. The maximum absolute atomic E-state index is 12.5. The number of carbonyl (C=O) groups excluding carboxylic acids is 1. The standard InChI is InChI=1S/C13H18N3O4S/c1-9-5-6-11(10(17)8-16(9)13(14)18)21(19,20)12-4-2-3-7-15-12/h2-4,7,9-10,17H,5-6,8H2,1H3,(H2,14,18)/t9-,10+/m0/s1. The van der Waals surface area contributed by atoms with E-state index >= 15 is 0 Å². The predicted molar refractivity (Wildman–Crippen MR) is 75.7 cm³/mol. The molecule has 1 aliphatic heterocycles. The summed E-state index contributed by atoms with van der Waals surface area (Å²) in [6.07, 6.45) is 0.704. The molecule has 2 rings (SSSR count). The zero-order valence-electron chi connectivity index (χ0n) is 11.6. The van der Waals surface area contributed by atoms with Crippen LogP contribution in [0.25, 0.3) is 0 Å². The topological polar surface area (TPSA) is 114 Å². The summed E-state index contributed by atoms with van der Waals surface area (Å²) in [7, 11) is -3.83. The minimum atomic E-state index is -3.83. The van der Waals surface area contributed by atoms with Crippen molar-refractivity contribution in [1.29, 1.82) is 0 Å². The predicted octanol–water partition coefficient (Wildman–Crippen LogP) is 0.311.